The molecule has 0 bridgehead atoms. The number of likely N-dealkylation sites (tertiary alicyclic amines) is 1. The summed E-state index contributed by atoms with van der Waals surface area (Å²) in [6.07, 6.45) is 5.18. The van der Waals surface area contributed by atoms with E-state index in [0.29, 0.717) is 17.2 Å². The molecule has 0 aliphatic carbocycles. The smallest absolute Gasteiger partial charge is 0.212 e. The van der Waals surface area contributed by atoms with Crippen LogP contribution < -0.4 is 14.2 Å². The number of fused-ring (bicyclic) bond motifs is 1. The van der Waals surface area contributed by atoms with Gasteiger partial charge in [0.2, 0.25) is 5.88 Å². The molecule has 0 spiro atoms. The van der Waals surface area contributed by atoms with Gasteiger partial charge >= 0.3 is 0 Å². The molecule has 2 N–H and O–H groups in total. The van der Waals surface area contributed by atoms with Crippen LogP contribution in [0.5, 0.6) is 11.6 Å². The van der Waals surface area contributed by atoms with Gasteiger partial charge in [-0.3, -0.25) is 9.62 Å². The van der Waals surface area contributed by atoms with E-state index in [-0.39, 0.29) is 16.9 Å². The molecule has 4 heterocycles. The maximum Gasteiger partial charge on any atom is 0.212 e. The zero-order valence-corrected chi connectivity index (χ0v) is 25.8. The van der Waals surface area contributed by atoms with Crippen molar-refractivity contribution < 1.29 is 14.6 Å². The summed E-state index contributed by atoms with van der Waals surface area (Å²) < 4.78 is 16.6. The van der Waals surface area contributed by atoms with Gasteiger partial charge in [0.05, 0.1) is 41.7 Å². The summed E-state index contributed by atoms with van der Waals surface area (Å²) >= 11 is 1.75. The van der Waals surface area contributed by atoms with E-state index in [1.807, 2.05) is 18.3 Å². The third-order valence-corrected chi connectivity index (χ3v) is 8.11. The van der Waals surface area contributed by atoms with Crippen LogP contribution >= 0.6 is 11.9 Å². The second-order valence-corrected chi connectivity index (χ2v) is 14.1. The molecule has 4 aromatic rings. The largest absolute Gasteiger partial charge is 0.489 e. The Bertz CT molecular complexity index is 1570. The molecule has 3 aromatic heterocycles. The molecule has 5 rings (SSSR count). The zero-order chi connectivity index (χ0) is 30.1. The van der Waals surface area contributed by atoms with Crippen LogP contribution in [-0.4, -0.2) is 61.8 Å². The first-order valence-corrected chi connectivity index (χ1v) is 14.7. The normalized spacial score (nSPS) is 15.3. The lowest BCUT2D eigenvalue weighted by Gasteiger charge is -2.51. The third kappa shape index (κ3) is 6.71. The van der Waals surface area contributed by atoms with Crippen molar-refractivity contribution in [3.63, 3.8) is 0 Å². The quantitative estimate of drug-likeness (QED) is 0.243. The molecule has 10 heteroatoms. The third-order valence-electron chi connectivity index (χ3n) is 7.00. The predicted octanol–water partition coefficient (Wildman–Crippen LogP) is 5.17. The number of benzene rings is 1. The summed E-state index contributed by atoms with van der Waals surface area (Å²) in [7, 11) is 1.62. The Morgan fingerprint density at radius 1 is 1.10 bits per heavy atom. The maximum absolute atomic E-state index is 10.2. The van der Waals surface area contributed by atoms with Crippen molar-refractivity contribution in [2.75, 3.05) is 26.8 Å². The first kappa shape index (κ1) is 29.9. The molecule has 9 nitrogen and oxygen atoms in total. The average Bonchev–Trinajstić information content (AvgIpc) is 3.35. The highest BCUT2D eigenvalue weighted by Crippen LogP contribution is 2.39. The van der Waals surface area contributed by atoms with Crippen molar-refractivity contribution in [3.8, 4) is 28.8 Å². The van der Waals surface area contributed by atoms with Crippen molar-refractivity contribution in [2.45, 2.75) is 57.1 Å². The molecule has 0 unspecified atom stereocenters. The minimum Gasteiger partial charge on any atom is -0.489 e. The maximum atomic E-state index is 10.2. The molecule has 1 aromatic carbocycles. The van der Waals surface area contributed by atoms with E-state index in [2.05, 4.69) is 76.9 Å². The number of nitrogens with zero attached hydrogens (tertiary/aromatic N) is 5. The fourth-order valence-electron chi connectivity index (χ4n) is 4.98. The van der Waals surface area contributed by atoms with E-state index < -0.39 is 5.60 Å². The number of aromatic nitrogens is 3. The molecular weight excluding hydrogens is 548 g/mol. The highest BCUT2D eigenvalue weighted by Gasteiger charge is 2.45. The first-order valence-electron chi connectivity index (χ1n) is 13.9. The average molecular weight is 587 g/mol. The van der Waals surface area contributed by atoms with Gasteiger partial charge < -0.3 is 14.6 Å². The number of rotatable bonds is 10. The van der Waals surface area contributed by atoms with Gasteiger partial charge in [-0.15, -0.1) is 0 Å². The van der Waals surface area contributed by atoms with E-state index in [9.17, 15) is 10.4 Å². The highest BCUT2D eigenvalue weighted by atomic mass is 32.2. The molecule has 1 aliphatic rings. The van der Waals surface area contributed by atoms with Crippen LogP contribution in [0.15, 0.2) is 61.1 Å². The van der Waals surface area contributed by atoms with Gasteiger partial charge in [0, 0.05) is 42.2 Å². The molecule has 1 fully saturated rings. The van der Waals surface area contributed by atoms with Gasteiger partial charge in [0.1, 0.15) is 18.4 Å². The van der Waals surface area contributed by atoms with Crippen molar-refractivity contribution in [1.82, 2.24) is 24.2 Å². The summed E-state index contributed by atoms with van der Waals surface area (Å²) in [5.74, 6) is 1.18. The number of ether oxygens (including phenoxy) is 2. The van der Waals surface area contributed by atoms with Gasteiger partial charge in [0.25, 0.3) is 0 Å². The molecule has 42 heavy (non-hydrogen) atoms. The van der Waals surface area contributed by atoms with Gasteiger partial charge in [-0.05, 0) is 57.4 Å². The van der Waals surface area contributed by atoms with E-state index in [4.69, 9.17) is 9.47 Å². The lowest BCUT2D eigenvalue weighted by atomic mass is 9.82. The van der Waals surface area contributed by atoms with Crippen molar-refractivity contribution >= 4 is 17.5 Å². The highest BCUT2D eigenvalue weighted by molar-refractivity contribution is 7.98. The Balaban J connectivity index is 1.42. The minimum absolute atomic E-state index is 0.0537. The van der Waals surface area contributed by atoms with Gasteiger partial charge in [-0.25, -0.2) is 9.50 Å². The van der Waals surface area contributed by atoms with Crippen LogP contribution in [0.25, 0.3) is 16.6 Å². The van der Waals surface area contributed by atoms with Crippen molar-refractivity contribution in [1.29, 1.82) is 5.26 Å². The van der Waals surface area contributed by atoms with Crippen molar-refractivity contribution in [2.24, 2.45) is 0 Å². The molecule has 0 atom stereocenters. The van der Waals surface area contributed by atoms with E-state index in [1.54, 1.807) is 49.8 Å². The molecular formula is C32H38N6O3S. The number of aliphatic hydroxyl groups is 1. The lowest BCUT2D eigenvalue weighted by Crippen LogP contribution is -2.65. The predicted molar refractivity (Wildman–Crippen MR) is 165 cm³/mol. The summed E-state index contributed by atoms with van der Waals surface area (Å²) in [4.78, 5) is 6.76. The van der Waals surface area contributed by atoms with Crippen LogP contribution in [0.3, 0.4) is 0 Å². The lowest BCUT2D eigenvalue weighted by molar-refractivity contribution is 0.0283. The van der Waals surface area contributed by atoms with E-state index in [0.717, 1.165) is 41.8 Å². The SMILES string of the molecule is COc1ccc(CN2CC(NSC(C)(C)C)(c3ccc(-c4cc(OCC(C)(C)O)cn5ncc(C#N)c45)cc3)C2)cn1. The Kier molecular flexibility index (Phi) is 8.23. The summed E-state index contributed by atoms with van der Waals surface area (Å²) in [6.45, 7) is 12.7. The van der Waals surface area contributed by atoms with E-state index in [1.165, 1.54) is 5.56 Å². The number of methoxy groups -OCH3 is 1. The van der Waals surface area contributed by atoms with Crippen molar-refractivity contribution in [3.05, 3.63) is 77.7 Å². The Morgan fingerprint density at radius 2 is 1.83 bits per heavy atom. The second kappa shape index (κ2) is 11.6. The minimum atomic E-state index is -0.981. The summed E-state index contributed by atoms with van der Waals surface area (Å²) in [5, 5.41) is 24.3. The van der Waals surface area contributed by atoms with Gasteiger partial charge in [0.15, 0.2) is 0 Å². The number of nitriles is 1. The standard InChI is InChI=1S/C32H38N6O3S/c1-30(2,3)42-36-32(19-37(20-32)17-22-7-12-28(40-6)34-15-22)25-10-8-23(9-11-25)27-13-26(41-21-31(4,5)39)18-38-29(27)24(14-33)16-35-38/h7-13,15-16,18,36,39H,17,19-21H2,1-6H3. The Labute approximate surface area is 251 Å². The van der Waals surface area contributed by atoms with E-state index >= 15 is 0 Å². The van der Waals surface area contributed by atoms with Crippen LogP contribution in [-0.2, 0) is 12.1 Å². The monoisotopic (exact) mass is 586 g/mol. The van der Waals surface area contributed by atoms with Crippen LogP contribution in [0.2, 0.25) is 0 Å². The number of hydrogen-bond donors (Lipinski definition) is 2. The zero-order valence-electron chi connectivity index (χ0n) is 25.0. The molecule has 220 valence electrons. The molecule has 1 saturated heterocycles. The number of pyridine rings is 2. The van der Waals surface area contributed by atoms with Crippen LogP contribution in [0, 0.1) is 11.3 Å². The molecule has 0 amide bonds. The fourth-order valence-corrected chi connectivity index (χ4v) is 5.72. The summed E-state index contributed by atoms with van der Waals surface area (Å²) in [5.41, 5.74) is 4.17. The van der Waals surface area contributed by atoms with Gasteiger partial charge in [-0.1, -0.05) is 42.3 Å². The Morgan fingerprint density at radius 3 is 2.43 bits per heavy atom. The molecule has 0 radical (unpaired) electrons. The molecule has 0 saturated carbocycles. The fraction of sp³-hybridized carbons (Fsp3) is 0.406. The Hall–Kier alpha value is -3.62. The second-order valence-electron chi connectivity index (χ2n) is 12.5. The number of nitrogens with one attached hydrogen (secondary N) is 1. The summed E-state index contributed by atoms with van der Waals surface area (Å²) in [6, 6.07) is 16.7. The van der Waals surface area contributed by atoms with Gasteiger partial charge in [-0.2, -0.15) is 10.4 Å². The van der Waals surface area contributed by atoms with Crippen LogP contribution in [0.4, 0.5) is 0 Å². The molecule has 1 aliphatic heterocycles. The van der Waals surface area contributed by atoms with Crippen LogP contribution in [0.1, 0.15) is 51.3 Å². The number of hydrogen-bond acceptors (Lipinski definition) is 9. The topological polar surface area (TPSA) is 108 Å². The first-order chi connectivity index (χ1) is 19.9.